The third kappa shape index (κ3) is 3.12. The lowest BCUT2D eigenvalue weighted by atomic mass is 9.70. The zero-order valence-electron chi connectivity index (χ0n) is 11.1. The summed E-state index contributed by atoms with van der Waals surface area (Å²) in [5.41, 5.74) is 2.34. The Kier molecular flexibility index (Phi) is 3.86. The maximum absolute atomic E-state index is 9.85. The first-order chi connectivity index (χ1) is 7.28. The smallest absolute Gasteiger partial charge is 0.122 e. The molecule has 0 radical (unpaired) electrons. The molecule has 90 valence electrons. The van der Waals surface area contributed by atoms with E-state index >= 15 is 0 Å². The fourth-order valence-electron chi connectivity index (χ4n) is 2.67. The van der Waals surface area contributed by atoms with Crippen LogP contribution in [0.2, 0.25) is 0 Å². The van der Waals surface area contributed by atoms with Crippen LogP contribution in [0.25, 0.3) is 0 Å². The molecule has 16 heavy (non-hydrogen) atoms. The summed E-state index contributed by atoms with van der Waals surface area (Å²) in [7, 11) is 0. The van der Waals surface area contributed by atoms with Gasteiger partial charge in [-0.25, -0.2) is 0 Å². The second-order valence-electron chi connectivity index (χ2n) is 5.91. The first-order valence-corrected chi connectivity index (χ1v) is 6.18. The van der Waals surface area contributed by atoms with Crippen LogP contribution in [0, 0.1) is 17.8 Å². The molecule has 1 rings (SSSR count). The van der Waals surface area contributed by atoms with Gasteiger partial charge in [-0.3, -0.25) is 0 Å². The molecule has 0 aliphatic heterocycles. The minimum Gasteiger partial charge on any atom is -0.378 e. The van der Waals surface area contributed by atoms with Gasteiger partial charge in [0.25, 0.3) is 0 Å². The summed E-state index contributed by atoms with van der Waals surface area (Å²) in [5.74, 6) is 2.46. The van der Waals surface area contributed by atoms with Crippen LogP contribution in [-0.4, -0.2) is 10.7 Å². The fourth-order valence-corrected chi connectivity index (χ4v) is 2.67. The van der Waals surface area contributed by atoms with Crippen LogP contribution >= 0.6 is 0 Å². The molecule has 0 saturated heterocycles. The summed E-state index contributed by atoms with van der Waals surface area (Å²) >= 11 is 0. The van der Waals surface area contributed by atoms with E-state index in [0.29, 0.717) is 6.42 Å². The molecule has 0 bridgehead atoms. The van der Waals surface area contributed by atoms with Gasteiger partial charge in [0.1, 0.15) is 5.60 Å². The Morgan fingerprint density at radius 1 is 1.50 bits per heavy atom. The van der Waals surface area contributed by atoms with E-state index in [1.165, 1.54) is 30.4 Å². The Hall–Kier alpha value is -0.740. The molecule has 1 heteroatoms. The lowest BCUT2D eigenvalue weighted by Crippen LogP contribution is -2.25. The highest BCUT2D eigenvalue weighted by atomic mass is 16.3. The zero-order valence-corrected chi connectivity index (χ0v) is 11.1. The van der Waals surface area contributed by atoms with Crippen molar-refractivity contribution in [3.8, 4) is 12.3 Å². The lowest BCUT2D eigenvalue weighted by Gasteiger charge is -2.35. The molecule has 0 aromatic heterocycles. The van der Waals surface area contributed by atoms with Gasteiger partial charge >= 0.3 is 0 Å². The quantitative estimate of drug-likeness (QED) is 0.568. The summed E-state index contributed by atoms with van der Waals surface area (Å²) in [6, 6.07) is 0. The number of hydrogen-bond donors (Lipinski definition) is 1. The van der Waals surface area contributed by atoms with Gasteiger partial charge in [-0.1, -0.05) is 30.9 Å². The van der Waals surface area contributed by atoms with Crippen molar-refractivity contribution in [2.45, 2.75) is 65.4 Å². The van der Waals surface area contributed by atoms with Gasteiger partial charge in [0.05, 0.1) is 0 Å². The maximum atomic E-state index is 9.85. The average Bonchev–Trinajstić information content (AvgIpc) is 2.16. The number of hydrogen-bond acceptors (Lipinski definition) is 1. The second-order valence-corrected chi connectivity index (χ2v) is 5.91. The largest absolute Gasteiger partial charge is 0.378 e. The van der Waals surface area contributed by atoms with Gasteiger partial charge in [-0.15, -0.1) is 6.42 Å². The molecule has 1 atom stereocenters. The molecule has 0 aromatic rings. The van der Waals surface area contributed by atoms with Gasteiger partial charge in [0, 0.05) is 0 Å². The predicted molar refractivity (Wildman–Crippen MR) is 69.0 cm³/mol. The molecule has 1 aliphatic carbocycles. The summed E-state index contributed by atoms with van der Waals surface area (Å²) in [6.07, 6.45) is 10.6. The molecule has 0 heterocycles. The van der Waals surface area contributed by atoms with E-state index in [1.54, 1.807) is 6.92 Å². The SMILES string of the molecule is C#CC(C)(O)CCC1=C(C)CCCC1(C)C. The Morgan fingerprint density at radius 2 is 2.12 bits per heavy atom. The summed E-state index contributed by atoms with van der Waals surface area (Å²) in [4.78, 5) is 0. The molecule has 0 aromatic carbocycles. The minimum atomic E-state index is -0.958. The van der Waals surface area contributed by atoms with Crippen molar-refractivity contribution in [2.75, 3.05) is 0 Å². The summed E-state index contributed by atoms with van der Waals surface area (Å²) < 4.78 is 0. The van der Waals surface area contributed by atoms with E-state index in [-0.39, 0.29) is 5.41 Å². The van der Waals surface area contributed by atoms with Crippen LogP contribution in [-0.2, 0) is 0 Å². The third-order valence-electron chi connectivity index (χ3n) is 3.86. The Labute approximate surface area is 99.9 Å². The van der Waals surface area contributed by atoms with Gasteiger partial charge < -0.3 is 5.11 Å². The van der Waals surface area contributed by atoms with Crippen molar-refractivity contribution in [1.82, 2.24) is 0 Å². The normalized spacial score (nSPS) is 23.8. The monoisotopic (exact) mass is 220 g/mol. The highest BCUT2D eigenvalue weighted by molar-refractivity contribution is 5.23. The van der Waals surface area contributed by atoms with Crippen molar-refractivity contribution < 1.29 is 5.11 Å². The van der Waals surface area contributed by atoms with Crippen LogP contribution in [0.5, 0.6) is 0 Å². The van der Waals surface area contributed by atoms with Crippen molar-refractivity contribution in [2.24, 2.45) is 5.41 Å². The van der Waals surface area contributed by atoms with Gasteiger partial charge in [-0.2, -0.15) is 0 Å². The molecule has 1 unspecified atom stereocenters. The third-order valence-corrected chi connectivity index (χ3v) is 3.86. The Bertz CT molecular complexity index is 326. The first kappa shape index (κ1) is 13.3. The van der Waals surface area contributed by atoms with E-state index in [0.717, 1.165) is 6.42 Å². The maximum Gasteiger partial charge on any atom is 0.122 e. The van der Waals surface area contributed by atoms with Crippen molar-refractivity contribution in [3.63, 3.8) is 0 Å². The van der Waals surface area contributed by atoms with Gasteiger partial charge in [0.15, 0.2) is 0 Å². The van der Waals surface area contributed by atoms with Crippen molar-refractivity contribution in [3.05, 3.63) is 11.1 Å². The molecular formula is C15H24O. The van der Waals surface area contributed by atoms with Crippen LogP contribution in [0.3, 0.4) is 0 Å². The fraction of sp³-hybridized carbons (Fsp3) is 0.733. The molecule has 1 aliphatic rings. The average molecular weight is 220 g/mol. The van der Waals surface area contributed by atoms with Gasteiger partial charge in [0.2, 0.25) is 0 Å². The van der Waals surface area contributed by atoms with E-state index < -0.39 is 5.60 Å². The highest BCUT2D eigenvalue weighted by Crippen LogP contribution is 2.42. The number of terminal acetylenes is 1. The first-order valence-electron chi connectivity index (χ1n) is 6.18. The van der Waals surface area contributed by atoms with Crippen LogP contribution in [0.4, 0.5) is 0 Å². The zero-order chi connectivity index (χ0) is 12.4. The van der Waals surface area contributed by atoms with E-state index in [2.05, 4.69) is 26.7 Å². The van der Waals surface area contributed by atoms with Crippen LogP contribution < -0.4 is 0 Å². The van der Waals surface area contributed by atoms with Crippen LogP contribution in [0.1, 0.15) is 59.8 Å². The van der Waals surface area contributed by atoms with E-state index in [1.807, 2.05) is 0 Å². The molecule has 0 saturated carbocycles. The minimum absolute atomic E-state index is 0.285. The van der Waals surface area contributed by atoms with E-state index in [4.69, 9.17) is 6.42 Å². The molecule has 0 fully saturated rings. The summed E-state index contributed by atoms with van der Waals surface area (Å²) in [6.45, 7) is 8.55. The molecule has 1 N–H and O–H groups in total. The van der Waals surface area contributed by atoms with E-state index in [9.17, 15) is 5.11 Å². The lowest BCUT2D eigenvalue weighted by molar-refractivity contribution is 0.110. The summed E-state index contributed by atoms with van der Waals surface area (Å²) in [5, 5.41) is 9.85. The second kappa shape index (κ2) is 4.63. The highest BCUT2D eigenvalue weighted by Gasteiger charge is 2.29. The molecule has 0 spiro atoms. The number of aliphatic hydroxyl groups is 1. The van der Waals surface area contributed by atoms with Crippen LogP contribution in [0.15, 0.2) is 11.1 Å². The molecule has 1 nitrogen and oxygen atoms in total. The van der Waals surface area contributed by atoms with Crippen molar-refractivity contribution >= 4 is 0 Å². The number of rotatable bonds is 3. The Morgan fingerprint density at radius 3 is 2.62 bits per heavy atom. The molecule has 0 amide bonds. The topological polar surface area (TPSA) is 20.2 Å². The number of allylic oxidation sites excluding steroid dienone is 2. The standard InChI is InChI=1S/C15H24O/c1-6-15(5,16)11-9-13-12(2)8-7-10-14(13,3)4/h1,16H,7-11H2,2-5H3. The molecular weight excluding hydrogens is 196 g/mol. The van der Waals surface area contributed by atoms with Crippen molar-refractivity contribution in [1.29, 1.82) is 0 Å². The van der Waals surface area contributed by atoms with Gasteiger partial charge in [-0.05, 0) is 51.4 Å². The predicted octanol–water partition coefficient (Wildman–Crippen LogP) is 3.68. The Balaban J connectivity index is 2.76.